The van der Waals surface area contributed by atoms with Crippen molar-refractivity contribution >= 4 is 17.5 Å². The Morgan fingerprint density at radius 3 is 2.66 bits per heavy atom. The van der Waals surface area contributed by atoms with Gasteiger partial charge in [0.2, 0.25) is 11.8 Å². The maximum absolute atomic E-state index is 14.1. The van der Waals surface area contributed by atoms with Crippen LogP contribution in [0.3, 0.4) is 0 Å². The number of morpholine rings is 1. The van der Waals surface area contributed by atoms with E-state index >= 15 is 0 Å². The molecule has 2 fully saturated rings. The quantitative estimate of drug-likeness (QED) is 0.414. The lowest BCUT2D eigenvalue weighted by Crippen LogP contribution is -2.63. The number of hydrogen-bond acceptors (Lipinski definition) is 9. The zero-order valence-corrected chi connectivity index (χ0v) is 26.1. The van der Waals surface area contributed by atoms with Crippen LogP contribution in [0.5, 0.6) is 5.88 Å². The molecule has 5 rings (SSSR count). The fraction of sp³-hybridized carbons (Fsp3) is 0.594. The second-order valence-electron chi connectivity index (χ2n) is 12.4. The Morgan fingerprint density at radius 1 is 1.16 bits per heavy atom. The standard InChI is InChI=1S/C32H45FN6O5/c1-20(2)43-19-27-18-42-10-9-37(27)15-26-13-35-21(3)14-38(26)16-29(40)39-22(4)17-44-32-28(39)12-24(30(36-32)31(34)41)11-23-5-7-25(33)8-6-23/h5-8,12,20-22,26-27,35H,9-11,13-19H2,1-4H3,(H2,34,41)/t21-,22?,26-,27?/m1/s1. The first-order chi connectivity index (χ1) is 21.1. The molecule has 0 bridgehead atoms. The van der Waals surface area contributed by atoms with Crippen molar-refractivity contribution in [2.75, 3.05) is 64.1 Å². The van der Waals surface area contributed by atoms with Gasteiger partial charge in [0.05, 0.1) is 44.6 Å². The van der Waals surface area contributed by atoms with Crippen molar-refractivity contribution in [1.82, 2.24) is 20.1 Å². The van der Waals surface area contributed by atoms with Gasteiger partial charge in [-0.15, -0.1) is 0 Å². The minimum absolute atomic E-state index is 0.0656. The molecule has 3 aliphatic heterocycles. The van der Waals surface area contributed by atoms with E-state index < -0.39 is 5.91 Å². The summed E-state index contributed by atoms with van der Waals surface area (Å²) in [5.41, 5.74) is 7.61. The maximum atomic E-state index is 14.1. The summed E-state index contributed by atoms with van der Waals surface area (Å²) < 4.78 is 31.1. The number of ether oxygens (including phenoxy) is 3. The number of amides is 2. The first kappa shape index (κ1) is 32.2. The van der Waals surface area contributed by atoms with E-state index in [9.17, 15) is 14.0 Å². The maximum Gasteiger partial charge on any atom is 0.267 e. The second-order valence-corrected chi connectivity index (χ2v) is 12.4. The van der Waals surface area contributed by atoms with Gasteiger partial charge < -0.3 is 30.2 Å². The van der Waals surface area contributed by atoms with Crippen LogP contribution in [0.2, 0.25) is 0 Å². The highest BCUT2D eigenvalue weighted by Crippen LogP contribution is 2.35. The van der Waals surface area contributed by atoms with Gasteiger partial charge in [0.15, 0.2) is 0 Å². The third kappa shape index (κ3) is 7.73. The number of aromatic nitrogens is 1. The Kier molecular flexibility index (Phi) is 10.5. The van der Waals surface area contributed by atoms with Crippen molar-refractivity contribution in [2.45, 2.75) is 64.4 Å². The van der Waals surface area contributed by atoms with Crippen molar-refractivity contribution < 1.29 is 28.2 Å². The average Bonchev–Trinajstić information content (AvgIpc) is 2.98. The molecular formula is C32H45FN6O5. The Balaban J connectivity index is 1.37. The Bertz CT molecular complexity index is 1310. The van der Waals surface area contributed by atoms with E-state index in [1.54, 1.807) is 23.1 Å². The van der Waals surface area contributed by atoms with Crippen LogP contribution >= 0.6 is 0 Å². The third-order valence-electron chi connectivity index (χ3n) is 8.50. The molecule has 44 heavy (non-hydrogen) atoms. The van der Waals surface area contributed by atoms with Crippen LogP contribution in [0.15, 0.2) is 30.3 Å². The van der Waals surface area contributed by atoms with Crippen LogP contribution in [-0.2, 0) is 20.7 Å². The molecule has 0 saturated carbocycles. The van der Waals surface area contributed by atoms with Crippen LogP contribution in [0.25, 0.3) is 0 Å². The highest BCUT2D eigenvalue weighted by molar-refractivity contribution is 5.98. The summed E-state index contributed by atoms with van der Waals surface area (Å²) in [7, 11) is 0. The van der Waals surface area contributed by atoms with Crippen molar-refractivity contribution in [2.24, 2.45) is 5.73 Å². The molecule has 240 valence electrons. The molecule has 11 nitrogen and oxygen atoms in total. The molecule has 12 heteroatoms. The lowest BCUT2D eigenvalue weighted by molar-refractivity contribution is -0.122. The lowest BCUT2D eigenvalue weighted by atomic mass is 10.0. The summed E-state index contributed by atoms with van der Waals surface area (Å²) in [6.45, 7) is 13.6. The number of benzene rings is 1. The van der Waals surface area contributed by atoms with E-state index in [2.05, 4.69) is 27.0 Å². The zero-order chi connectivity index (χ0) is 31.4. The van der Waals surface area contributed by atoms with Gasteiger partial charge in [0.1, 0.15) is 23.8 Å². The van der Waals surface area contributed by atoms with Crippen molar-refractivity contribution in [1.29, 1.82) is 0 Å². The fourth-order valence-corrected chi connectivity index (χ4v) is 6.18. The molecule has 1 aromatic carbocycles. The molecule has 4 atom stereocenters. The number of primary amides is 1. The van der Waals surface area contributed by atoms with Crippen LogP contribution in [-0.4, -0.2) is 116 Å². The summed E-state index contributed by atoms with van der Waals surface area (Å²) in [4.78, 5) is 37.4. The van der Waals surface area contributed by atoms with E-state index in [0.29, 0.717) is 37.5 Å². The lowest BCUT2D eigenvalue weighted by Gasteiger charge is -2.45. The average molecular weight is 613 g/mol. The van der Waals surface area contributed by atoms with E-state index in [1.807, 2.05) is 20.8 Å². The summed E-state index contributed by atoms with van der Waals surface area (Å²) in [6, 6.07) is 8.09. The predicted molar refractivity (Wildman–Crippen MR) is 164 cm³/mol. The van der Waals surface area contributed by atoms with Gasteiger partial charge in [-0.05, 0) is 63.4 Å². The number of hydrogen-bond donors (Lipinski definition) is 2. The van der Waals surface area contributed by atoms with E-state index in [4.69, 9.17) is 19.9 Å². The van der Waals surface area contributed by atoms with E-state index in [-0.39, 0.29) is 66.7 Å². The number of pyridine rings is 1. The minimum atomic E-state index is -0.692. The number of anilines is 1. The van der Waals surface area contributed by atoms with Crippen LogP contribution < -0.4 is 20.7 Å². The van der Waals surface area contributed by atoms with Gasteiger partial charge in [-0.2, -0.15) is 0 Å². The molecule has 3 aliphatic rings. The molecule has 0 spiro atoms. The molecule has 2 aromatic rings. The molecular weight excluding hydrogens is 567 g/mol. The van der Waals surface area contributed by atoms with Crippen molar-refractivity contribution in [3.8, 4) is 5.88 Å². The summed E-state index contributed by atoms with van der Waals surface area (Å²) in [6.07, 6.45) is 0.446. The Morgan fingerprint density at radius 2 is 1.93 bits per heavy atom. The Labute approximate surface area is 258 Å². The van der Waals surface area contributed by atoms with Crippen molar-refractivity contribution in [3.63, 3.8) is 0 Å². The number of nitrogens with two attached hydrogens (primary N) is 1. The first-order valence-corrected chi connectivity index (χ1v) is 15.5. The zero-order valence-electron chi connectivity index (χ0n) is 26.1. The molecule has 0 aliphatic carbocycles. The van der Waals surface area contributed by atoms with Crippen LogP contribution in [0.1, 0.15) is 49.3 Å². The highest BCUT2D eigenvalue weighted by atomic mass is 19.1. The number of halogens is 1. The van der Waals surface area contributed by atoms with Gasteiger partial charge in [0.25, 0.3) is 5.91 Å². The van der Waals surface area contributed by atoms with Crippen molar-refractivity contribution in [3.05, 3.63) is 53.0 Å². The second kappa shape index (κ2) is 14.3. The molecule has 2 amide bonds. The molecule has 1 aromatic heterocycles. The third-order valence-corrected chi connectivity index (χ3v) is 8.50. The number of nitrogens with zero attached hydrogens (tertiary/aromatic N) is 4. The van der Waals surface area contributed by atoms with Gasteiger partial charge in [-0.3, -0.25) is 19.4 Å². The number of carbonyl (C=O) groups excluding carboxylic acids is 2. The highest BCUT2D eigenvalue weighted by Gasteiger charge is 2.37. The van der Waals surface area contributed by atoms with Gasteiger partial charge >= 0.3 is 0 Å². The van der Waals surface area contributed by atoms with Crippen LogP contribution in [0, 0.1) is 5.82 Å². The summed E-state index contributed by atoms with van der Waals surface area (Å²) in [5.74, 6) is -0.897. The smallest absolute Gasteiger partial charge is 0.267 e. The van der Waals surface area contributed by atoms with E-state index in [1.165, 1.54) is 12.1 Å². The summed E-state index contributed by atoms with van der Waals surface area (Å²) in [5, 5.41) is 3.59. The number of nitrogens with one attached hydrogen (secondary N) is 1. The molecule has 4 heterocycles. The first-order valence-electron chi connectivity index (χ1n) is 15.5. The molecule has 3 N–H and O–H groups in total. The van der Waals surface area contributed by atoms with Crippen LogP contribution in [0.4, 0.5) is 10.1 Å². The molecule has 0 radical (unpaired) electrons. The molecule has 2 saturated heterocycles. The van der Waals surface area contributed by atoms with E-state index in [0.717, 1.165) is 31.7 Å². The monoisotopic (exact) mass is 612 g/mol. The topological polar surface area (TPSA) is 122 Å². The summed E-state index contributed by atoms with van der Waals surface area (Å²) >= 11 is 0. The SMILES string of the molecule is CC(C)OCC1COCCN1C[C@H]1CN[C@H](C)CN1CC(=O)N1c2cc(Cc3ccc(F)cc3)c(C(N)=O)nc2OCC1C. The normalized spacial score (nSPS) is 24.6. The predicted octanol–water partition coefficient (Wildman–Crippen LogP) is 1.81. The van der Waals surface area contributed by atoms with Gasteiger partial charge in [-0.25, -0.2) is 9.37 Å². The van der Waals surface area contributed by atoms with Gasteiger partial charge in [-0.1, -0.05) is 12.1 Å². The number of rotatable bonds is 10. The van der Waals surface area contributed by atoms with Gasteiger partial charge in [0, 0.05) is 38.3 Å². The minimum Gasteiger partial charge on any atom is -0.474 e. The number of piperazine rings is 1. The number of fused-ring (bicyclic) bond motifs is 1. The fourth-order valence-electron chi connectivity index (χ4n) is 6.18. The molecule has 2 unspecified atom stereocenters. The number of carbonyl (C=O) groups is 2. The largest absolute Gasteiger partial charge is 0.474 e. The Hall–Kier alpha value is -3.16.